The van der Waals surface area contributed by atoms with E-state index in [0.717, 1.165) is 5.56 Å². The van der Waals surface area contributed by atoms with Crippen molar-refractivity contribution < 1.29 is 5.11 Å². The zero-order valence-electron chi connectivity index (χ0n) is 12.4. The molecular formula is C21H14OS. The largest absolute Gasteiger partial charge is 0.392 e. The molecule has 0 aliphatic carbocycles. The minimum Gasteiger partial charge on any atom is -0.392 e. The third kappa shape index (κ3) is 1.96. The van der Waals surface area contributed by atoms with E-state index in [9.17, 15) is 5.11 Å². The molecule has 0 atom stereocenters. The lowest BCUT2D eigenvalue weighted by molar-refractivity contribution is 0.282. The molecule has 5 rings (SSSR count). The highest BCUT2D eigenvalue weighted by Gasteiger charge is 2.08. The van der Waals surface area contributed by atoms with Gasteiger partial charge < -0.3 is 5.11 Å². The predicted octanol–water partition coefficient (Wildman–Crippen LogP) is 5.85. The van der Waals surface area contributed by atoms with Gasteiger partial charge in [0.05, 0.1) is 6.61 Å². The molecule has 5 aromatic rings. The molecule has 0 saturated heterocycles. The van der Waals surface area contributed by atoms with Crippen LogP contribution in [0.25, 0.3) is 41.7 Å². The molecule has 1 N–H and O–H groups in total. The first kappa shape index (κ1) is 13.1. The minimum atomic E-state index is 0.0863. The second kappa shape index (κ2) is 4.79. The highest BCUT2D eigenvalue weighted by atomic mass is 32.1. The van der Waals surface area contributed by atoms with Crippen molar-refractivity contribution in [3.63, 3.8) is 0 Å². The second-order valence-corrected chi connectivity index (χ2v) is 7.07. The van der Waals surface area contributed by atoms with Gasteiger partial charge in [-0.25, -0.2) is 0 Å². The Kier molecular flexibility index (Phi) is 2.72. The Morgan fingerprint density at radius 1 is 0.652 bits per heavy atom. The highest BCUT2D eigenvalue weighted by molar-refractivity contribution is 7.26. The molecule has 0 amide bonds. The Balaban J connectivity index is 1.92. The molecule has 0 fully saturated rings. The van der Waals surface area contributed by atoms with Gasteiger partial charge in [0, 0.05) is 20.2 Å². The molecule has 1 aromatic heterocycles. The summed E-state index contributed by atoms with van der Waals surface area (Å²) in [5.74, 6) is 0. The SMILES string of the molecule is OCc1ccc2cc3sc4cc5ccccc5cc4c3cc2c1. The van der Waals surface area contributed by atoms with Crippen molar-refractivity contribution in [1.29, 1.82) is 0 Å². The molecule has 4 aromatic carbocycles. The smallest absolute Gasteiger partial charge is 0.0682 e. The summed E-state index contributed by atoms with van der Waals surface area (Å²) in [7, 11) is 0. The quantitative estimate of drug-likeness (QED) is 0.411. The summed E-state index contributed by atoms with van der Waals surface area (Å²) in [5.41, 5.74) is 0.960. The van der Waals surface area contributed by atoms with Gasteiger partial charge in [0.25, 0.3) is 0 Å². The van der Waals surface area contributed by atoms with Crippen molar-refractivity contribution in [2.75, 3.05) is 0 Å². The highest BCUT2D eigenvalue weighted by Crippen LogP contribution is 2.38. The molecule has 0 aliphatic rings. The van der Waals surface area contributed by atoms with Gasteiger partial charge in [0.15, 0.2) is 0 Å². The summed E-state index contributed by atoms with van der Waals surface area (Å²) in [6, 6.07) is 23.8. The lowest BCUT2D eigenvalue weighted by Gasteiger charge is -2.02. The van der Waals surface area contributed by atoms with Crippen molar-refractivity contribution in [2.24, 2.45) is 0 Å². The van der Waals surface area contributed by atoms with Crippen LogP contribution in [0.4, 0.5) is 0 Å². The van der Waals surface area contributed by atoms with E-state index in [4.69, 9.17) is 0 Å². The van der Waals surface area contributed by atoms with Crippen LogP contribution < -0.4 is 0 Å². The summed E-state index contributed by atoms with van der Waals surface area (Å²) in [4.78, 5) is 0. The van der Waals surface area contributed by atoms with E-state index in [2.05, 4.69) is 60.7 Å². The van der Waals surface area contributed by atoms with Crippen LogP contribution in [0.15, 0.2) is 66.7 Å². The molecule has 0 bridgehead atoms. The zero-order valence-corrected chi connectivity index (χ0v) is 13.2. The number of hydrogen-bond acceptors (Lipinski definition) is 2. The fraction of sp³-hybridized carbons (Fsp3) is 0.0476. The number of benzene rings is 4. The van der Waals surface area contributed by atoms with Gasteiger partial charge in [-0.05, 0) is 57.4 Å². The first-order chi connectivity index (χ1) is 11.3. The molecule has 2 heteroatoms. The van der Waals surface area contributed by atoms with E-state index in [-0.39, 0.29) is 6.61 Å². The van der Waals surface area contributed by atoms with E-state index in [0.29, 0.717) is 0 Å². The monoisotopic (exact) mass is 314 g/mol. The summed E-state index contributed by atoms with van der Waals surface area (Å²) in [5, 5.41) is 17.0. The molecule has 23 heavy (non-hydrogen) atoms. The topological polar surface area (TPSA) is 20.2 Å². The number of hydrogen-bond donors (Lipinski definition) is 1. The number of aliphatic hydroxyl groups is 1. The van der Waals surface area contributed by atoms with E-state index < -0.39 is 0 Å². The van der Waals surface area contributed by atoms with Gasteiger partial charge in [-0.2, -0.15) is 0 Å². The summed E-state index contributed by atoms with van der Waals surface area (Å²) in [6.45, 7) is 0.0863. The molecule has 1 nitrogen and oxygen atoms in total. The third-order valence-electron chi connectivity index (χ3n) is 4.54. The average Bonchev–Trinajstić information content (AvgIpc) is 2.93. The second-order valence-electron chi connectivity index (χ2n) is 5.99. The van der Waals surface area contributed by atoms with Gasteiger partial charge in [0.1, 0.15) is 0 Å². The van der Waals surface area contributed by atoms with Crippen LogP contribution in [0.5, 0.6) is 0 Å². The lowest BCUT2D eigenvalue weighted by Crippen LogP contribution is -1.82. The molecule has 0 aliphatic heterocycles. The van der Waals surface area contributed by atoms with Crippen molar-refractivity contribution in [3.8, 4) is 0 Å². The fourth-order valence-electron chi connectivity index (χ4n) is 3.35. The Morgan fingerprint density at radius 2 is 1.26 bits per heavy atom. The maximum atomic E-state index is 9.36. The molecule has 0 saturated carbocycles. The van der Waals surface area contributed by atoms with Crippen LogP contribution in [0.1, 0.15) is 5.56 Å². The Labute approximate surface area is 137 Å². The van der Waals surface area contributed by atoms with Gasteiger partial charge in [-0.3, -0.25) is 0 Å². The van der Waals surface area contributed by atoms with Crippen LogP contribution in [-0.4, -0.2) is 5.11 Å². The van der Waals surface area contributed by atoms with Gasteiger partial charge in [-0.15, -0.1) is 11.3 Å². The van der Waals surface area contributed by atoms with Crippen LogP contribution in [0.3, 0.4) is 0 Å². The molecule has 0 unspecified atom stereocenters. The fourth-order valence-corrected chi connectivity index (χ4v) is 4.52. The molecule has 110 valence electrons. The summed E-state index contributed by atoms with van der Waals surface area (Å²) >= 11 is 1.85. The number of fused-ring (bicyclic) bond motifs is 5. The van der Waals surface area contributed by atoms with E-state index in [1.54, 1.807) is 0 Å². The Morgan fingerprint density at radius 3 is 1.96 bits per heavy atom. The maximum absolute atomic E-state index is 9.36. The number of rotatable bonds is 1. The van der Waals surface area contributed by atoms with E-state index in [1.165, 1.54) is 41.7 Å². The lowest BCUT2D eigenvalue weighted by atomic mass is 10.0. The van der Waals surface area contributed by atoms with Gasteiger partial charge in [0.2, 0.25) is 0 Å². The third-order valence-corrected chi connectivity index (χ3v) is 5.66. The van der Waals surface area contributed by atoms with Gasteiger partial charge >= 0.3 is 0 Å². The van der Waals surface area contributed by atoms with Crippen LogP contribution in [-0.2, 0) is 6.61 Å². The van der Waals surface area contributed by atoms with Crippen LogP contribution in [0.2, 0.25) is 0 Å². The van der Waals surface area contributed by atoms with E-state index in [1.807, 2.05) is 17.4 Å². The molecule has 0 spiro atoms. The molecule has 1 heterocycles. The standard InChI is InChI=1S/C21H14OS/c22-12-13-5-6-16-11-21-19(9-17(16)7-13)18-8-14-3-1-2-4-15(14)10-20(18)23-21/h1-11,22H,12H2. The van der Waals surface area contributed by atoms with Crippen LogP contribution >= 0.6 is 11.3 Å². The minimum absolute atomic E-state index is 0.0863. The Bertz CT molecular complexity index is 1200. The number of aliphatic hydroxyl groups excluding tert-OH is 1. The maximum Gasteiger partial charge on any atom is 0.0682 e. The predicted molar refractivity (Wildman–Crippen MR) is 100 cm³/mol. The van der Waals surface area contributed by atoms with Crippen LogP contribution in [0, 0.1) is 0 Å². The number of thiophene rings is 1. The summed E-state index contributed by atoms with van der Waals surface area (Å²) < 4.78 is 2.65. The first-order valence-electron chi connectivity index (χ1n) is 7.70. The van der Waals surface area contributed by atoms with E-state index >= 15 is 0 Å². The normalized spacial score (nSPS) is 11.9. The van der Waals surface area contributed by atoms with Crippen molar-refractivity contribution in [3.05, 3.63) is 72.3 Å². The Hall–Kier alpha value is -2.42. The van der Waals surface area contributed by atoms with Gasteiger partial charge in [-0.1, -0.05) is 36.4 Å². The molecule has 0 radical (unpaired) electrons. The van der Waals surface area contributed by atoms with Crippen molar-refractivity contribution in [2.45, 2.75) is 6.61 Å². The van der Waals surface area contributed by atoms with Crippen molar-refractivity contribution >= 4 is 53.1 Å². The summed E-state index contributed by atoms with van der Waals surface area (Å²) in [6.07, 6.45) is 0. The zero-order chi connectivity index (χ0) is 15.4. The van der Waals surface area contributed by atoms with Crippen molar-refractivity contribution in [1.82, 2.24) is 0 Å². The first-order valence-corrected chi connectivity index (χ1v) is 8.52. The average molecular weight is 314 g/mol. The molecular weight excluding hydrogens is 300 g/mol.